The van der Waals surface area contributed by atoms with Crippen LogP contribution < -0.4 is 0 Å². The maximum absolute atomic E-state index is 13.7. The van der Waals surface area contributed by atoms with Gasteiger partial charge in [-0.2, -0.15) is 5.26 Å². The predicted octanol–water partition coefficient (Wildman–Crippen LogP) is 3.01. The highest BCUT2D eigenvalue weighted by atomic mass is 28.4. The summed E-state index contributed by atoms with van der Waals surface area (Å²) in [4.78, 5) is 0. The fraction of sp³-hybridized carbons (Fsp3) is 0.900. The topological polar surface area (TPSA) is 33.0 Å². The zero-order chi connectivity index (χ0) is 10.8. The second kappa shape index (κ2) is 3.99. The standard InChI is InChI=1S/C10H18FNOSi/c1-14(2,3)13-10(8-12)7-5-4-6-9(10)11/h9H,4-7H2,1-3H3/t9-,10-/m0/s1. The number of nitriles is 1. The molecule has 0 N–H and O–H groups in total. The summed E-state index contributed by atoms with van der Waals surface area (Å²) in [5.41, 5.74) is -1.14. The highest BCUT2D eigenvalue weighted by molar-refractivity contribution is 6.69. The van der Waals surface area contributed by atoms with E-state index in [9.17, 15) is 4.39 Å². The predicted molar refractivity (Wildman–Crippen MR) is 56.1 cm³/mol. The Labute approximate surface area is 86.2 Å². The minimum atomic E-state index is -1.84. The van der Waals surface area contributed by atoms with E-state index in [0.29, 0.717) is 12.8 Å². The van der Waals surface area contributed by atoms with Crippen molar-refractivity contribution in [3.05, 3.63) is 0 Å². The van der Waals surface area contributed by atoms with Gasteiger partial charge in [0.05, 0.1) is 6.07 Å². The lowest BCUT2D eigenvalue weighted by Gasteiger charge is -2.38. The van der Waals surface area contributed by atoms with E-state index in [4.69, 9.17) is 9.69 Å². The Morgan fingerprint density at radius 1 is 1.43 bits per heavy atom. The third-order valence-electron chi connectivity index (χ3n) is 2.44. The molecular formula is C10H18FNOSi. The third kappa shape index (κ3) is 2.55. The average molecular weight is 215 g/mol. The molecule has 1 rings (SSSR count). The van der Waals surface area contributed by atoms with Gasteiger partial charge in [0, 0.05) is 0 Å². The summed E-state index contributed by atoms with van der Waals surface area (Å²) in [6, 6.07) is 2.06. The van der Waals surface area contributed by atoms with Gasteiger partial charge in [0.1, 0.15) is 6.17 Å². The smallest absolute Gasteiger partial charge is 0.186 e. The lowest BCUT2D eigenvalue weighted by atomic mass is 9.84. The highest BCUT2D eigenvalue weighted by Gasteiger charge is 2.45. The third-order valence-corrected chi connectivity index (χ3v) is 3.42. The summed E-state index contributed by atoms with van der Waals surface area (Å²) < 4.78 is 19.4. The van der Waals surface area contributed by atoms with E-state index in [0.717, 1.165) is 12.8 Å². The molecule has 14 heavy (non-hydrogen) atoms. The minimum Gasteiger partial charge on any atom is -0.398 e. The van der Waals surface area contributed by atoms with Gasteiger partial charge >= 0.3 is 0 Å². The molecule has 4 heteroatoms. The van der Waals surface area contributed by atoms with E-state index < -0.39 is 20.1 Å². The van der Waals surface area contributed by atoms with Crippen LogP contribution in [0.5, 0.6) is 0 Å². The monoisotopic (exact) mass is 215 g/mol. The van der Waals surface area contributed by atoms with Crippen molar-refractivity contribution < 1.29 is 8.82 Å². The molecular weight excluding hydrogens is 197 g/mol. The molecule has 1 aliphatic carbocycles. The first-order valence-electron chi connectivity index (χ1n) is 5.15. The van der Waals surface area contributed by atoms with E-state index in [1.807, 2.05) is 19.6 Å². The van der Waals surface area contributed by atoms with Crippen molar-refractivity contribution in [2.75, 3.05) is 0 Å². The molecule has 80 valence electrons. The van der Waals surface area contributed by atoms with E-state index in [1.165, 1.54) is 0 Å². The SMILES string of the molecule is C[Si](C)(C)O[C@]1(C#N)CCCC[C@@H]1F. The van der Waals surface area contributed by atoms with Crippen LogP contribution >= 0.6 is 0 Å². The second-order valence-electron chi connectivity index (χ2n) is 4.93. The maximum Gasteiger partial charge on any atom is 0.186 e. The van der Waals surface area contributed by atoms with Gasteiger partial charge in [-0.05, 0) is 38.9 Å². The molecule has 0 saturated heterocycles. The van der Waals surface area contributed by atoms with Crippen molar-refractivity contribution in [2.24, 2.45) is 0 Å². The first kappa shape index (κ1) is 11.7. The fourth-order valence-electron chi connectivity index (χ4n) is 1.91. The quantitative estimate of drug-likeness (QED) is 0.663. The van der Waals surface area contributed by atoms with Gasteiger partial charge in [-0.25, -0.2) is 4.39 Å². The molecule has 0 aliphatic heterocycles. The summed E-state index contributed by atoms with van der Waals surface area (Å²) in [5.74, 6) is 0. The van der Waals surface area contributed by atoms with Crippen molar-refractivity contribution >= 4 is 8.32 Å². The second-order valence-corrected chi connectivity index (χ2v) is 9.36. The number of nitrogens with zero attached hydrogens (tertiary/aromatic N) is 1. The van der Waals surface area contributed by atoms with Crippen LogP contribution in [0.4, 0.5) is 4.39 Å². The van der Waals surface area contributed by atoms with E-state index in [2.05, 4.69) is 6.07 Å². The van der Waals surface area contributed by atoms with Gasteiger partial charge < -0.3 is 4.43 Å². The molecule has 1 fully saturated rings. The molecule has 0 aromatic heterocycles. The van der Waals surface area contributed by atoms with Gasteiger partial charge in [-0.15, -0.1) is 0 Å². The van der Waals surface area contributed by atoms with Crippen LogP contribution in [0.25, 0.3) is 0 Å². The van der Waals surface area contributed by atoms with Gasteiger partial charge in [-0.3, -0.25) is 0 Å². The molecule has 0 spiro atoms. The summed E-state index contributed by atoms with van der Waals surface area (Å²) in [5, 5.41) is 9.08. The van der Waals surface area contributed by atoms with Crippen molar-refractivity contribution in [3.63, 3.8) is 0 Å². The Morgan fingerprint density at radius 2 is 2.07 bits per heavy atom. The Hall–Kier alpha value is -0.403. The van der Waals surface area contributed by atoms with Gasteiger partial charge in [-0.1, -0.05) is 6.42 Å². The van der Waals surface area contributed by atoms with Crippen molar-refractivity contribution in [3.8, 4) is 6.07 Å². The van der Waals surface area contributed by atoms with Crippen LogP contribution in [0.3, 0.4) is 0 Å². The van der Waals surface area contributed by atoms with E-state index >= 15 is 0 Å². The summed E-state index contributed by atoms with van der Waals surface area (Å²) >= 11 is 0. The molecule has 0 heterocycles. The van der Waals surface area contributed by atoms with Gasteiger partial charge in [0.2, 0.25) is 0 Å². The number of rotatable bonds is 2. The molecule has 0 bridgehead atoms. The molecule has 1 saturated carbocycles. The van der Waals surface area contributed by atoms with Crippen LogP contribution in [-0.4, -0.2) is 20.1 Å². The molecule has 2 atom stereocenters. The van der Waals surface area contributed by atoms with Crippen molar-refractivity contribution in [1.29, 1.82) is 5.26 Å². The van der Waals surface area contributed by atoms with Crippen LogP contribution in [0, 0.1) is 11.3 Å². The molecule has 0 aromatic rings. The molecule has 0 aromatic carbocycles. The van der Waals surface area contributed by atoms with Crippen LogP contribution in [-0.2, 0) is 4.43 Å². The number of halogens is 1. The number of hydrogen-bond donors (Lipinski definition) is 0. The zero-order valence-electron chi connectivity index (χ0n) is 9.14. The van der Waals surface area contributed by atoms with Crippen LogP contribution in [0.2, 0.25) is 19.6 Å². The number of alkyl halides is 1. The zero-order valence-corrected chi connectivity index (χ0v) is 10.1. The van der Waals surface area contributed by atoms with Crippen LogP contribution in [0.15, 0.2) is 0 Å². The number of hydrogen-bond acceptors (Lipinski definition) is 2. The van der Waals surface area contributed by atoms with Crippen LogP contribution in [0.1, 0.15) is 25.7 Å². The summed E-state index contributed by atoms with van der Waals surface area (Å²) in [6.07, 6.45) is 1.69. The maximum atomic E-state index is 13.7. The Morgan fingerprint density at radius 3 is 2.50 bits per heavy atom. The molecule has 1 aliphatic rings. The first-order valence-corrected chi connectivity index (χ1v) is 8.56. The fourth-order valence-corrected chi connectivity index (χ4v) is 3.28. The molecule has 0 radical (unpaired) electrons. The summed E-state index contributed by atoms with van der Waals surface area (Å²) in [7, 11) is -1.84. The van der Waals surface area contributed by atoms with E-state index in [-0.39, 0.29) is 0 Å². The van der Waals surface area contributed by atoms with Gasteiger partial charge in [0.15, 0.2) is 13.9 Å². The largest absolute Gasteiger partial charge is 0.398 e. The summed E-state index contributed by atoms with van der Waals surface area (Å²) in [6.45, 7) is 5.98. The average Bonchev–Trinajstić information content (AvgIpc) is 2.07. The van der Waals surface area contributed by atoms with Gasteiger partial charge in [0.25, 0.3) is 0 Å². The van der Waals surface area contributed by atoms with Crippen molar-refractivity contribution in [1.82, 2.24) is 0 Å². The Balaban J connectivity index is 2.80. The lowest BCUT2D eigenvalue weighted by molar-refractivity contribution is -0.00129. The molecule has 2 nitrogen and oxygen atoms in total. The lowest BCUT2D eigenvalue weighted by Crippen LogP contribution is -2.50. The first-order chi connectivity index (χ1) is 6.40. The Bertz CT molecular complexity index is 245. The highest BCUT2D eigenvalue weighted by Crippen LogP contribution is 2.35. The van der Waals surface area contributed by atoms with Crippen molar-refractivity contribution in [2.45, 2.75) is 57.1 Å². The normalized spacial score (nSPS) is 33.8. The van der Waals surface area contributed by atoms with E-state index in [1.54, 1.807) is 0 Å². The Kier molecular flexibility index (Phi) is 3.33. The molecule has 0 amide bonds. The minimum absolute atomic E-state index is 0.470. The molecule has 0 unspecified atom stereocenters.